The molecule has 5 heteroatoms. The lowest BCUT2D eigenvalue weighted by atomic mass is 10.0. The molecule has 2 heterocycles. The van der Waals surface area contributed by atoms with Crippen LogP contribution in [0.2, 0.25) is 0 Å². The molecule has 2 amide bonds. The van der Waals surface area contributed by atoms with Gasteiger partial charge in [-0.25, -0.2) is 0 Å². The molecule has 0 saturated carbocycles. The van der Waals surface area contributed by atoms with Gasteiger partial charge in [-0.1, -0.05) is 50.2 Å². The third-order valence-electron chi connectivity index (χ3n) is 5.62. The zero-order valence-electron chi connectivity index (χ0n) is 17.3. The van der Waals surface area contributed by atoms with Gasteiger partial charge in [0.15, 0.2) is 0 Å². The van der Waals surface area contributed by atoms with Crippen LogP contribution in [0.5, 0.6) is 0 Å². The Bertz CT molecular complexity index is 1080. The van der Waals surface area contributed by atoms with Crippen LogP contribution in [-0.4, -0.2) is 23.3 Å². The predicted octanol–water partition coefficient (Wildman–Crippen LogP) is 4.66. The number of benzene rings is 2. The van der Waals surface area contributed by atoms with E-state index in [4.69, 9.17) is 0 Å². The molecule has 0 saturated heterocycles. The molecule has 1 aliphatic rings. The molecule has 1 aromatic heterocycles. The van der Waals surface area contributed by atoms with Crippen molar-refractivity contribution in [3.63, 3.8) is 0 Å². The molecule has 0 spiro atoms. The van der Waals surface area contributed by atoms with Crippen molar-refractivity contribution in [2.45, 2.75) is 33.1 Å². The number of amides is 2. The minimum Gasteiger partial charge on any atom is -0.321 e. The fraction of sp³-hybridized carbons (Fsp3) is 0.240. The van der Waals surface area contributed by atoms with Crippen molar-refractivity contribution in [3.05, 3.63) is 88.7 Å². The number of carbonyl (C=O) groups excluding carboxylic acids is 2. The Morgan fingerprint density at radius 3 is 2.40 bits per heavy atom. The molecule has 0 radical (unpaired) electrons. The van der Waals surface area contributed by atoms with Crippen LogP contribution < -0.4 is 10.2 Å². The molecular weight excluding hydrogens is 374 g/mol. The lowest BCUT2D eigenvalue weighted by molar-refractivity contribution is 0.0989. The van der Waals surface area contributed by atoms with E-state index in [1.807, 2.05) is 42.5 Å². The van der Waals surface area contributed by atoms with E-state index in [0.29, 0.717) is 17.7 Å². The van der Waals surface area contributed by atoms with Crippen molar-refractivity contribution in [2.75, 3.05) is 16.8 Å². The van der Waals surface area contributed by atoms with Crippen molar-refractivity contribution >= 4 is 23.2 Å². The zero-order valence-corrected chi connectivity index (χ0v) is 17.3. The third-order valence-corrected chi connectivity index (χ3v) is 5.62. The van der Waals surface area contributed by atoms with Gasteiger partial charge in [-0.05, 0) is 48.1 Å². The third kappa shape index (κ3) is 3.71. The minimum atomic E-state index is -0.255. The van der Waals surface area contributed by atoms with E-state index in [1.165, 1.54) is 12.4 Å². The average molecular weight is 399 g/mol. The van der Waals surface area contributed by atoms with Crippen LogP contribution in [0.4, 0.5) is 11.4 Å². The van der Waals surface area contributed by atoms with Crippen LogP contribution in [0, 0.1) is 0 Å². The normalized spacial score (nSPS) is 12.5. The number of carbonyl (C=O) groups is 2. The monoisotopic (exact) mass is 399 g/mol. The largest absolute Gasteiger partial charge is 0.321 e. The van der Waals surface area contributed by atoms with Crippen molar-refractivity contribution in [1.29, 1.82) is 0 Å². The summed E-state index contributed by atoms with van der Waals surface area (Å²) in [5.74, 6) is -0.389. The van der Waals surface area contributed by atoms with E-state index in [0.717, 1.165) is 47.3 Å². The molecule has 0 atom stereocenters. The van der Waals surface area contributed by atoms with Crippen molar-refractivity contribution in [1.82, 2.24) is 4.98 Å². The second kappa shape index (κ2) is 8.49. The van der Waals surface area contributed by atoms with Crippen LogP contribution in [-0.2, 0) is 19.3 Å². The highest BCUT2D eigenvalue weighted by Gasteiger charge is 2.26. The molecule has 0 bridgehead atoms. The number of para-hydroxylation sites is 2. The Morgan fingerprint density at radius 1 is 0.967 bits per heavy atom. The summed E-state index contributed by atoms with van der Waals surface area (Å²) in [7, 11) is 0. The maximum absolute atomic E-state index is 13.1. The second-order valence-electron chi connectivity index (χ2n) is 7.41. The van der Waals surface area contributed by atoms with Crippen LogP contribution >= 0.6 is 0 Å². The minimum absolute atomic E-state index is 0.134. The standard InChI is InChI=1S/C25H25N3O2/c1-3-17-9-7-10-18(4-2)23(17)27-24(29)20-14-21(16-26-15-20)25(30)28-13-12-19-8-5-6-11-22(19)28/h5-11,14-16H,3-4,12-13H2,1-2H3,(H,27,29). The fourth-order valence-electron chi connectivity index (χ4n) is 3.97. The zero-order chi connectivity index (χ0) is 21.1. The Hall–Kier alpha value is -3.47. The number of anilines is 2. The van der Waals surface area contributed by atoms with E-state index >= 15 is 0 Å². The number of aromatic nitrogens is 1. The summed E-state index contributed by atoms with van der Waals surface area (Å²) < 4.78 is 0. The highest BCUT2D eigenvalue weighted by molar-refractivity contribution is 6.10. The lowest BCUT2D eigenvalue weighted by Crippen LogP contribution is -2.29. The first-order chi connectivity index (χ1) is 14.6. The SMILES string of the molecule is CCc1cccc(CC)c1NC(=O)c1cncc(C(=O)N2CCc3ccccc32)c1. The average Bonchev–Trinajstić information content (AvgIpc) is 3.23. The molecule has 5 nitrogen and oxygen atoms in total. The summed E-state index contributed by atoms with van der Waals surface area (Å²) in [6, 6.07) is 15.6. The Labute approximate surface area is 176 Å². The van der Waals surface area contributed by atoms with Crippen molar-refractivity contribution < 1.29 is 9.59 Å². The Balaban J connectivity index is 1.59. The van der Waals surface area contributed by atoms with Gasteiger partial charge < -0.3 is 10.2 Å². The second-order valence-corrected chi connectivity index (χ2v) is 7.41. The molecule has 30 heavy (non-hydrogen) atoms. The fourth-order valence-corrected chi connectivity index (χ4v) is 3.97. The summed E-state index contributed by atoms with van der Waals surface area (Å²) in [6.45, 7) is 4.77. The first-order valence-electron chi connectivity index (χ1n) is 10.4. The number of aryl methyl sites for hydroxylation is 2. The molecule has 2 aromatic carbocycles. The van der Waals surface area contributed by atoms with Gasteiger partial charge in [0.2, 0.25) is 0 Å². The van der Waals surface area contributed by atoms with Crippen LogP contribution in [0.25, 0.3) is 0 Å². The number of hydrogen-bond donors (Lipinski definition) is 1. The van der Waals surface area contributed by atoms with E-state index in [1.54, 1.807) is 11.0 Å². The Kier molecular flexibility index (Phi) is 5.61. The molecule has 1 aliphatic heterocycles. The van der Waals surface area contributed by atoms with E-state index in [9.17, 15) is 9.59 Å². The topological polar surface area (TPSA) is 62.3 Å². The first-order valence-corrected chi connectivity index (χ1v) is 10.4. The summed E-state index contributed by atoms with van der Waals surface area (Å²) in [5, 5.41) is 3.04. The molecular formula is C25H25N3O2. The van der Waals surface area contributed by atoms with Crippen LogP contribution in [0.3, 0.4) is 0 Å². The summed E-state index contributed by atoms with van der Waals surface area (Å²) >= 11 is 0. The van der Waals surface area contributed by atoms with Crippen molar-refractivity contribution in [3.8, 4) is 0 Å². The van der Waals surface area contributed by atoms with Gasteiger partial charge >= 0.3 is 0 Å². The number of hydrogen-bond acceptors (Lipinski definition) is 3. The van der Waals surface area contributed by atoms with Gasteiger partial charge in [-0.15, -0.1) is 0 Å². The molecule has 0 aliphatic carbocycles. The van der Waals surface area contributed by atoms with Gasteiger partial charge in [0.05, 0.1) is 11.1 Å². The van der Waals surface area contributed by atoms with Gasteiger partial charge in [0, 0.05) is 30.3 Å². The lowest BCUT2D eigenvalue weighted by Gasteiger charge is -2.18. The van der Waals surface area contributed by atoms with E-state index in [2.05, 4.69) is 24.1 Å². The molecule has 4 rings (SSSR count). The van der Waals surface area contributed by atoms with E-state index in [-0.39, 0.29) is 11.8 Å². The molecule has 152 valence electrons. The predicted molar refractivity (Wildman–Crippen MR) is 119 cm³/mol. The van der Waals surface area contributed by atoms with Crippen LogP contribution in [0.1, 0.15) is 51.3 Å². The van der Waals surface area contributed by atoms with Gasteiger partial charge in [-0.2, -0.15) is 0 Å². The Morgan fingerprint density at radius 2 is 1.67 bits per heavy atom. The molecule has 1 N–H and O–H groups in total. The van der Waals surface area contributed by atoms with E-state index < -0.39 is 0 Å². The molecule has 3 aromatic rings. The molecule has 0 unspecified atom stereocenters. The van der Waals surface area contributed by atoms with Gasteiger partial charge in [0.1, 0.15) is 0 Å². The number of fused-ring (bicyclic) bond motifs is 1. The van der Waals surface area contributed by atoms with Crippen LogP contribution in [0.15, 0.2) is 60.9 Å². The highest BCUT2D eigenvalue weighted by Crippen LogP contribution is 2.29. The smallest absolute Gasteiger partial charge is 0.259 e. The van der Waals surface area contributed by atoms with Crippen molar-refractivity contribution in [2.24, 2.45) is 0 Å². The first kappa shape index (κ1) is 19.8. The number of nitrogens with zero attached hydrogens (tertiary/aromatic N) is 2. The summed E-state index contributed by atoms with van der Waals surface area (Å²) in [6.07, 6.45) is 5.52. The quantitative estimate of drug-likeness (QED) is 0.679. The summed E-state index contributed by atoms with van der Waals surface area (Å²) in [5.41, 5.74) is 5.93. The molecule has 0 fully saturated rings. The maximum atomic E-state index is 13.1. The van der Waals surface area contributed by atoms with Gasteiger partial charge in [-0.3, -0.25) is 14.6 Å². The number of nitrogens with one attached hydrogen (secondary N) is 1. The number of pyridine rings is 1. The highest BCUT2D eigenvalue weighted by atomic mass is 16.2. The number of rotatable bonds is 5. The summed E-state index contributed by atoms with van der Waals surface area (Å²) in [4.78, 5) is 32.0. The van der Waals surface area contributed by atoms with Gasteiger partial charge in [0.25, 0.3) is 11.8 Å². The maximum Gasteiger partial charge on any atom is 0.259 e.